The Bertz CT molecular complexity index is 401. The highest BCUT2D eigenvalue weighted by Crippen LogP contribution is 2.25. The number of hydrogen-bond acceptors (Lipinski definition) is 4. The second-order valence-electron chi connectivity index (χ2n) is 5.66. The van der Waals surface area contributed by atoms with Gasteiger partial charge < -0.3 is 5.32 Å². The largest absolute Gasteiger partial charge is 0.309 e. The van der Waals surface area contributed by atoms with E-state index in [1.807, 2.05) is 11.3 Å². The molecule has 0 amide bonds. The summed E-state index contributed by atoms with van der Waals surface area (Å²) >= 11 is 4.15. The lowest BCUT2D eigenvalue weighted by Crippen LogP contribution is -2.36. The van der Waals surface area contributed by atoms with Gasteiger partial charge in [0.25, 0.3) is 0 Å². The normalized spacial score (nSPS) is 24.8. The second kappa shape index (κ2) is 6.61. The molecule has 2 aliphatic rings. The Labute approximate surface area is 125 Å². The first kappa shape index (κ1) is 13.9. The molecule has 3 rings (SSSR count). The lowest BCUT2D eigenvalue weighted by atomic mass is 10.3. The number of hydrogen-bond donors (Lipinski definition) is 1. The monoisotopic (exact) mass is 296 g/mol. The summed E-state index contributed by atoms with van der Waals surface area (Å²) in [6.45, 7) is 7.07. The van der Waals surface area contributed by atoms with Gasteiger partial charge in [-0.1, -0.05) is 6.92 Å². The first-order valence-corrected chi connectivity index (χ1v) is 9.35. The van der Waals surface area contributed by atoms with Crippen molar-refractivity contribution in [2.45, 2.75) is 50.6 Å². The van der Waals surface area contributed by atoms with Crippen LogP contribution in [0.3, 0.4) is 0 Å². The molecule has 0 spiro atoms. The van der Waals surface area contributed by atoms with E-state index in [4.69, 9.17) is 0 Å². The van der Waals surface area contributed by atoms with E-state index >= 15 is 0 Å². The van der Waals surface area contributed by atoms with E-state index in [0.717, 1.165) is 24.4 Å². The number of rotatable bonds is 6. The molecule has 1 saturated carbocycles. The summed E-state index contributed by atoms with van der Waals surface area (Å²) in [5.41, 5.74) is 0. The van der Waals surface area contributed by atoms with Crippen molar-refractivity contribution in [1.29, 1.82) is 0 Å². The fraction of sp³-hybridized carbons (Fsp3) is 0.733. The van der Waals surface area contributed by atoms with E-state index in [-0.39, 0.29) is 0 Å². The van der Waals surface area contributed by atoms with Gasteiger partial charge in [0.05, 0.1) is 0 Å². The molecule has 1 aromatic rings. The number of nitrogens with one attached hydrogen (secondary N) is 1. The van der Waals surface area contributed by atoms with Crippen molar-refractivity contribution < 1.29 is 0 Å². The average molecular weight is 297 g/mol. The zero-order chi connectivity index (χ0) is 13.1. The topological polar surface area (TPSA) is 15.3 Å². The molecule has 2 heterocycles. The van der Waals surface area contributed by atoms with Crippen LogP contribution in [0.4, 0.5) is 0 Å². The Morgan fingerprint density at radius 2 is 2.16 bits per heavy atom. The quantitative estimate of drug-likeness (QED) is 0.867. The second-order valence-corrected chi connectivity index (χ2v) is 8.32. The molecule has 1 N–H and O–H groups in total. The van der Waals surface area contributed by atoms with Crippen LogP contribution in [0.15, 0.2) is 12.1 Å². The summed E-state index contributed by atoms with van der Waals surface area (Å²) in [6.07, 6.45) is 4.06. The first-order valence-electron chi connectivity index (χ1n) is 7.48. The Hall–Kier alpha value is -0.0300. The standard InChI is InChI=1S/C15H24N2S2/c1-2-13-10-17(7-8-18-13)11-15-6-5-14(19-15)9-16-12-3-4-12/h5-6,12-13,16H,2-4,7-11H2,1H3. The van der Waals surface area contributed by atoms with Crippen LogP contribution in [-0.2, 0) is 13.1 Å². The van der Waals surface area contributed by atoms with Crippen LogP contribution < -0.4 is 5.32 Å². The van der Waals surface area contributed by atoms with Gasteiger partial charge in [-0.15, -0.1) is 11.3 Å². The molecule has 1 aliphatic carbocycles. The molecule has 1 aromatic heterocycles. The molecule has 1 saturated heterocycles. The van der Waals surface area contributed by atoms with E-state index in [2.05, 4.69) is 41.0 Å². The predicted molar refractivity (Wildman–Crippen MR) is 86.0 cm³/mol. The van der Waals surface area contributed by atoms with E-state index in [1.165, 1.54) is 47.9 Å². The lowest BCUT2D eigenvalue weighted by molar-refractivity contribution is 0.275. The highest BCUT2D eigenvalue weighted by molar-refractivity contribution is 8.00. The van der Waals surface area contributed by atoms with Crippen LogP contribution >= 0.6 is 23.1 Å². The smallest absolute Gasteiger partial charge is 0.0328 e. The highest BCUT2D eigenvalue weighted by Gasteiger charge is 2.21. The fourth-order valence-electron chi connectivity index (χ4n) is 2.53. The summed E-state index contributed by atoms with van der Waals surface area (Å²) in [5, 5.41) is 4.45. The van der Waals surface area contributed by atoms with Gasteiger partial charge in [0.2, 0.25) is 0 Å². The van der Waals surface area contributed by atoms with Crippen molar-refractivity contribution in [3.63, 3.8) is 0 Å². The molecule has 1 aliphatic heterocycles. The van der Waals surface area contributed by atoms with Crippen molar-refractivity contribution in [2.24, 2.45) is 0 Å². The van der Waals surface area contributed by atoms with Crippen molar-refractivity contribution in [3.05, 3.63) is 21.9 Å². The Morgan fingerprint density at radius 3 is 2.95 bits per heavy atom. The van der Waals surface area contributed by atoms with Crippen molar-refractivity contribution in [2.75, 3.05) is 18.8 Å². The minimum Gasteiger partial charge on any atom is -0.309 e. The first-order chi connectivity index (χ1) is 9.33. The summed E-state index contributed by atoms with van der Waals surface area (Å²) in [5.74, 6) is 1.31. The third kappa shape index (κ3) is 4.22. The molecule has 2 fully saturated rings. The summed E-state index contributed by atoms with van der Waals surface area (Å²) in [4.78, 5) is 5.67. The maximum Gasteiger partial charge on any atom is 0.0328 e. The molecule has 2 nitrogen and oxygen atoms in total. The van der Waals surface area contributed by atoms with Gasteiger partial charge in [-0.3, -0.25) is 4.90 Å². The summed E-state index contributed by atoms with van der Waals surface area (Å²) < 4.78 is 0. The molecule has 4 heteroatoms. The minimum atomic E-state index is 0.815. The Balaban J connectivity index is 1.48. The van der Waals surface area contributed by atoms with Crippen LogP contribution in [0.25, 0.3) is 0 Å². The highest BCUT2D eigenvalue weighted by atomic mass is 32.2. The molecule has 19 heavy (non-hydrogen) atoms. The van der Waals surface area contributed by atoms with E-state index in [1.54, 1.807) is 0 Å². The van der Waals surface area contributed by atoms with Gasteiger partial charge in [0.1, 0.15) is 0 Å². The van der Waals surface area contributed by atoms with Gasteiger partial charge in [0.15, 0.2) is 0 Å². The molecule has 1 unspecified atom stereocenters. The molecule has 0 radical (unpaired) electrons. The third-order valence-corrected chi connectivity index (χ3v) is 6.36. The molecule has 0 bridgehead atoms. The van der Waals surface area contributed by atoms with Gasteiger partial charge in [-0.05, 0) is 31.4 Å². The molecular formula is C15H24N2S2. The fourth-order valence-corrected chi connectivity index (χ4v) is 4.79. The van der Waals surface area contributed by atoms with Crippen LogP contribution in [0, 0.1) is 0 Å². The number of thiophene rings is 1. The van der Waals surface area contributed by atoms with E-state index < -0.39 is 0 Å². The summed E-state index contributed by atoms with van der Waals surface area (Å²) in [6, 6.07) is 5.46. The molecule has 106 valence electrons. The number of thioether (sulfide) groups is 1. The van der Waals surface area contributed by atoms with E-state index in [0.29, 0.717) is 0 Å². The lowest BCUT2D eigenvalue weighted by Gasteiger charge is -2.31. The van der Waals surface area contributed by atoms with Gasteiger partial charge in [0, 0.05) is 53.0 Å². The van der Waals surface area contributed by atoms with Crippen LogP contribution in [0.5, 0.6) is 0 Å². The molecular weight excluding hydrogens is 272 g/mol. The third-order valence-electron chi connectivity index (χ3n) is 3.92. The van der Waals surface area contributed by atoms with Crippen molar-refractivity contribution in [1.82, 2.24) is 10.2 Å². The zero-order valence-electron chi connectivity index (χ0n) is 11.7. The Kier molecular flexibility index (Phi) is 4.85. The maximum atomic E-state index is 3.60. The van der Waals surface area contributed by atoms with Gasteiger partial charge >= 0.3 is 0 Å². The van der Waals surface area contributed by atoms with E-state index in [9.17, 15) is 0 Å². The Morgan fingerprint density at radius 1 is 1.32 bits per heavy atom. The van der Waals surface area contributed by atoms with Crippen LogP contribution in [-0.4, -0.2) is 35.0 Å². The molecule has 0 aromatic carbocycles. The molecule has 1 atom stereocenters. The predicted octanol–water partition coefficient (Wildman–Crippen LogP) is 3.33. The summed E-state index contributed by atoms with van der Waals surface area (Å²) in [7, 11) is 0. The SMILES string of the molecule is CCC1CN(Cc2ccc(CNC3CC3)s2)CCS1. The average Bonchev–Trinajstić information content (AvgIpc) is 3.17. The zero-order valence-corrected chi connectivity index (χ0v) is 13.4. The van der Waals surface area contributed by atoms with Crippen LogP contribution in [0.1, 0.15) is 35.9 Å². The maximum absolute atomic E-state index is 3.60. The number of nitrogens with zero attached hydrogens (tertiary/aromatic N) is 1. The van der Waals surface area contributed by atoms with Crippen LogP contribution in [0.2, 0.25) is 0 Å². The van der Waals surface area contributed by atoms with Crippen molar-refractivity contribution >= 4 is 23.1 Å². The van der Waals surface area contributed by atoms with Crippen molar-refractivity contribution in [3.8, 4) is 0 Å². The van der Waals surface area contributed by atoms with Gasteiger partial charge in [-0.25, -0.2) is 0 Å². The van der Waals surface area contributed by atoms with Gasteiger partial charge in [-0.2, -0.15) is 11.8 Å². The minimum absolute atomic E-state index is 0.815.